The number of aryl methyl sites for hydroxylation is 1. The number of phenolic OH excluding ortho intramolecular Hbond substituents is 1. The number of hydrogen-bond donors (Lipinski definition) is 4. The van der Waals surface area contributed by atoms with E-state index in [0.29, 0.717) is 17.6 Å². The molecule has 4 aliphatic carbocycles. The van der Waals surface area contributed by atoms with Crippen LogP contribution < -0.4 is 0 Å². The number of carbonyl (C=O) groups is 2. The molecule has 2 fully saturated rings. The van der Waals surface area contributed by atoms with E-state index in [4.69, 9.17) is 4.74 Å². The summed E-state index contributed by atoms with van der Waals surface area (Å²) in [6, 6.07) is 4.64. The van der Waals surface area contributed by atoms with Gasteiger partial charge in [-0.15, -0.1) is 0 Å². The molecule has 4 N–H and O–H groups in total. The number of hydrogen-bond acceptors (Lipinski definition) is 7. The molecule has 7 heteroatoms. The molecule has 35 heavy (non-hydrogen) atoms. The molecular weight excluding hydrogens is 448 g/mol. The van der Waals surface area contributed by atoms with Gasteiger partial charge in [0.1, 0.15) is 17.4 Å². The minimum absolute atomic E-state index is 0.0352. The number of aliphatic hydroxyl groups is 3. The monoisotopic (exact) mass is 482 g/mol. The molecule has 4 aliphatic rings. The van der Waals surface area contributed by atoms with Crippen LogP contribution in [0.3, 0.4) is 0 Å². The van der Waals surface area contributed by atoms with Crippen molar-refractivity contribution >= 4 is 11.8 Å². The Hall–Kier alpha value is -2.48. The second-order valence-electron chi connectivity index (χ2n) is 11.6. The molecular formula is C28H34O7. The van der Waals surface area contributed by atoms with Crippen LogP contribution in [-0.4, -0.2) is 56.6 Å². The molecule has 1 spiro atoms. The van der Waals surface area contributed by atoms with Crippen LogP contribution in [0.25, 0.3) is 0 Å². The maximum atomic E-state index is 14.3. The first-order chi connectivity index (χ1) is 16.3. The number of esters is 1. The summed E-state index contributed by atoms with van der Waals surface area (Å²) in [5, 5.41) is 44.4. The lowest BCUT2D eigenvalue weighted by Crippen LogP contribution is -2.65. The zero-order chi connectivity index (χ0) is 25.7. The SMILES string of the molecule is CC1=C[C@@]23C(=O)[C@@H](C=C(CO)[C@@H](O)[C@]2(O)[C@H]1OC(=O)c1c(C)cccc1O)[C@H]1[C@@H](C[C@H]3C)C1(C)C. The van der Waals surface area contributed by atoms with E-state index in [9.17, 15) is 30.0 Å². The Balaban J connectivity index is 1.65. The summed E-state index contributed by atoms with van der Waals surface area (Å²) in [5.41, 5.74) is -2.68. The van der Waals surface area contributed by atoms with Crippen molar-refractivity contribution in [1.29, 1.82) is 0 Å². The summed E-state index contributed by atoms with van der Waals surface area (Å²) in [4.78, 5) is 27.6. The fraction of sp³-hybridized carbons (Fsp3) is 0.571. The Labute approximate surface area is 205 Å². The van der Waals surface area contributed by atoms with Crippen molar-refractivity contribution in [2.24, 2.45) is 34.5 Å². The highest BCUT2D eigenvalue weighted by atomic mass is 16.6. The fourth-order valence-corrected chi connectivity index (χ4v) is 7.68. The van der Waals surface area contributed by atoms with E-state index in [0.717, 1.165) is 0 Å². The molecule has 0 saturated heterocycles. The quantitative estimate of drug-likeness (QED) is 0.386. The number of phenols is 1. The Morgan fingerprint density at radius 1 is 1.23 bits per heavy atom. The van der Waals surface area contributed by atoms with Gasteiger partial charge in [0.2, 0.25) is 0 Å². The lowest BCUT2D eigenvalue weighted by atomic mass is 9.59. The van der Waals surface area contributed by atoms with Gasteiger partial charge in [0.25, 0.3) is 0 Å². The van der Waals surface area contributed by atoms with Crippen LogP contribution in [0.4, 0.5) is 0 Å². The highest BCUT2D eigenvalue weighted by Crippen LogP contribution is 2.71. The first-order valence-corrected chi connectivity index (χ1v) is 12.3. The predicted octanol–water partition coefficient (Wildman–Crippen LogP) is 2.69. The minimum Gasteiger partial charge on any atom is -0.507 e. The van der Waals surface area contributed by atoms with Gasteiger partial charge in [-0.2, -0.15) is 0 Å². The van der Waals surface area contributed by atoms with E-state index in [2.05, 4.69) is 13.8 Å². The first kappa shape index (κ1) is 24.2. The first-order valence-electron chi connectivity index (χ1n) is 12.3. The number of rotatable bonds is 3. The molecule has 1 aromatic carbocycles. The van der Waals surface area contributed by atoms with Crippen molar-refractivity contribution in [2.75, 3.05) is 6.61 Å². The zero-order valence-corrected chi connectivity index (χ0v) is 20.8. The lowest BCUT2D eigenvalue weighted by molar-refractivity contribution is -0.190. The summed E-state index contributed by atoms with van der Waals surface area (Å²) >= 11 is 0. The van der Waals surface area contributed by atoms with Gasteiger partial charge in [-0.25, -0.2) is 4.79 Å². The highest BCUT2D eigenvalue weighted by Gasteiger charge is 2.76. The lowest BCUT2D eigenvalue weighted by Gasteiger charge is -2.48. The number of allylic oxidation sites excluding steroid dienone is 1. The second-order valence-corrected chi connectivity index (χ2v) is 11.6. The average Bonchev–Trinajstić information content (AvgIpc) is 3.27. The standard InChI is InChI=1S/C28H34O7/c1-13-7-6-8-19(30)20(13)25(33)35-24-14(2)11-27-15(3)9-18-21(26(18,4)5)17(23(27)32)10-16(12-29)22(31)28(24,27)34/h6-8,10-11,15,17-18,21-22,24,29-31,34H,9,12H2,1-5H3/t15-,17+,18-,21+,22-,24+,27-,28+/m1/s1. The number of Topliss-reactive ketones (excluding diaryl/α,β-unsaturated/α-hetero) is 1. The van der Waals surface area contributed by atoms with Crippen LogP contribution in [0.15, 0.2) is 41.5 Å². The summed E-state index contributed by atoms with van der Waals surface area (Å²) in [7, 11) is 0. The molecule has 7 nitrogen and oxygen atoms in total. The topological polar surface area (TPSA) is 124 Å². The highest BCUT2D eigenvalue weighted by molar-refractivity contribution is 5.97. The van der Waals surface area contributed by atoms with E-state index in [-0.39, 0.29) is 45.8 Å². The Kier molecular flexibility index (Phi) is 5.20. The Bertz CT molecular complexity index is 1160. The number of fused-ring (bicyclic) bond motifs is 3. The van der Waals surface area contributed by atoms with Gasteiger partial charge in [0.05, 0.1) is 12.0 Å². The molecule has 0 heterocycles. The van der Waals surface area contributed by atoms with Gasteiger partial charge in [0.15, 0.2) is 17.5 Å². The van der Waals surface area contributed by atoms with Crippen LogP contribution in [0, 0.1) is 41.4 Å². The molecule has 0 aromatic heterocycles. The minimum atomic E-state index is -2.20. The van der Waals surface area contributed by atoms with Gasteiger partial charge >= 0.3 is 5.97 Å². The van der Waals surface area contributed by atoms with Crippen molar-refractivity contribution < 1.29 is 34.8 Å². The number of ether oxygens (including phenoxy) is 1. The van der Waals surface area contributed by atoms with Gasteiger partial charge < -0.3 is 25.2 Å². The third-order valence-electron chi connectivity index (χ3n) is 9.58. The normalized spacial score (nSPS) is 41.1. The van der Waals surface area contributed by atoms with Crippen molar-refractivity contribution in [3.63, 3.8) is 0 Å². The van der Waals surface area contributed by atoms with Crippen LogP contribution in [-0.2, 0) is 9.53 Å². The third kappa shape index (κ3) is 2.89. The smallest absolute Gasteiger partial charge is 0.342 e. The maximum Gasteiger partial charge on any atom is 0.342 e. The van der Waals surface area contributed by atoms with Gasteiger partial charge in [0, 0.05) is 5.92 Å². The van der Waals surface area contributed by atoms with Crippen LogP contribution >= 0.6 is 0 Å². The molecule has 2 saturated carbocycles. The van der Waals surface area contributed by atoms with Crippen LogP contribution in [0.5, 0.6) is 5.75 Å². The third-order valence-corrected chi connectivity index (χ3v) is 9.58. The van der Waals surface area contributed by atoms with E-state index < -0.39 is 41.7 Å². The van der Waals surface area contributed by atoms with E-state index >= 15 is 0 Å². The number of aliphatic hydroxyl groups excluding tert-OH is 2. The number of aromatic hydroxyl groups is 1. The molecule has 5 rings (SSSR count). The van der Waals surface area contributed by atoms with E-state index in [1.807, 2.05) is 6.92 Å². The van der Waals surface area contributed by atoms with Crippen molar-refractivity contribution in [3.8, 4) is 5.75 Å². The molecule has 0 radical (unpaired) electrons. The summed E-state index contributed by atoms with van der Waals surface area (Å²) in [5.74, 6) is -1.91. The largest absolute Gasteiger partial charge is 0.507 e. The van der Waals surface area contributed by atoms with E-state index in [1.165, 1.54) is 6.07 Å². The molecule has 0 unspecified atom stereocenters. The van der Waals surface area contributed by atoms with Crippen molar-refractivity contribution in [2.45, 2.75) is 58.8 Å². The van der Waals surface area contributed by atoms with Crippen LogP contribution in [0.2, 0.25) is 0 Å². The number of carbonyl (C=O) groups excluding carboxylic acids is 2. The number of benzene rings is 1. The maximum absolute atomic E-state index is 14.3. The van der Waals surface area contributed by atoms with Gasteiger partial charge in [-0.3, -0.25) is 4.79 Å². The average molecular weight is 483 g/mol. The molecule has 0 amide bonds. The molecule has 0 aliphatic heterocycles. The van der Waals surface area contributed by atoms with Crippen molar-refractivity contribution in [1.82, 2.24) is 0 Å². The Morgan fingerprint density at radius 2 is 1.91 bits per heavy atom. The number of ketones is 1. The summed E-state index contributed by atoms with van der Waals surface area (Å²) < 4.78 is 5.83. The summed E-state index contributed by atoms with van der Waals surface area (Å²) in [6.07, 6.45) is 1.05. The zero-order valence-electron chi connectivity index (χ0n) is 20.8. The van der Waals surface area contributed by atoms with Gasteiger partial charge in [-0.1, -0.05) is 45.1 Å². The molecule has 2 bridgehead atoms. The Morgan fingerprint density at radius 3 is 2.54 bits per heavy atom. The molecule has 188 valence electrons. The second kappa shape index (κ2) is 7.51. The molecule has 8 atom stereocenters. The van der Waals surface area contributed by atoms with Crippen LogP contribution in [0.1, 0.15) is 50.0 Å². The van der Waals surface area contributed by atoms with Gasteiger partial charge in [-0.05, 0) is 66.2 Å². The van der Waals surface area contributed by atoms with Crippen molar-refractivity contribution in [3.05, 3.63) is 52.6 Å². The van der Waals surface area contributed by atoms with E-state index in [1.54, 1.807) is 38.1 Å². The molecule has 1 aromatic rings. The summed E-state index contributed by atoms with van der Waals surface area (Å²) in [6.45, 7) is 8.98. The predicted molar refractivity (Wildman–Crippen MR) is 127 cm³/mol. The fourth-order valence-electron chi connectivity index (χ4n) is 7.68.